The standard InChI is InChI=1S/C33H67O7P/c1-3-5-7-9-11-13-15-16-17-18-19-20-22-24-26-28-33(36)40-41(37,39-31-32(35)30-34)38-29-27-25-23-21-14-12-10-8-6-4-2/h32,34-35H,3-31H2,1-2H3. The highest BCUT2D eigenvalue weighted by atomic mass is 31.2. The van der Waals surface area contributed by atoms with Crippen LogP contribution in [-0.2, 0) is 22.9 Å². The van der Waals surface area contributed by atoms with Crippen LogP contribution in [0.3, 0.4) is 0 Å². The van der Waals surface area contributed by atoms with E-state index in [1.807, 2.05) is 0 Å². The Bertz CT molecular complexity index is 602. The zero-order valence-corrected chi connectivity index (χ0v) is 27.9. The van der Waals surface area contributed by atoms with Gasteiger partial charge in [0.05, 0.1) is 19.8 Å². The number of phosphoric ester groups is 1. The maximum Gasteiger partial charge on any atom is 0.532 e. The van der Waals surface area contributed by atoms with Gasteiger partial charge < -0.3 is 14.7 Å². The van der Waals surface area contributed by atoms with Crippen molar-refractivity contribution in [3.63, 3.8) is 0 Å². The van der Waals surface area contributed by atoms with E-state index in [-0.39, 0.29) is 13.0 Å². The summed E-state index contributed by atoms with van der Waals surface area (Å²) in [5.74, 6) is -0.607. The molecule has 0 spiro atoms. The number of hydrogen-bond acceptors (Lipinski definition) is 7. The molecule has 2 N–H and O–H groups in total. The van der Waals surface area contributed by atoms with Crippen molar-refractivity contribution in [2.24, 2.45) is 0 Å². The van der Waals surface area contributed by atoms with Gasteiger partial charge in [0.2, 0.25) is 0 Å². The van der Waals surface area contributed by atoms with Crippen molar-refractivity contribution in [2.75, 3.05) is 19.8 Å². The average molecular weight is 607 g/mol. The third kappa shape index (κ3) is 29.4. The number of aliphatic hydroxyl groups is 2. The van der Waals surface area contributed by atoms with Gasteiger partial charge in [-0.3, -0.25) is 13.8 Å². The molecule has 0 aromatic heterocycles. The molecule has 0 aromatic carbocycles. The van der Waals surface area contributed by atoms with Gasteiger partial charge in [0.15, 0.2) is 0 Å². The van der Waals surface area contributed by atoms with Gasteiger partial charge in [-0.05, 0) is 12.8 Å². The lowest BCUT2D eigenvalue weighted by Crippen LogP contribution is -2.20. The second-order valence-electron chi connectivity index (χ2n) is 11.8. The molecule has 2 atom stereocenters. The molecule has 8 heteroatoms. The fourth-order valence-corrected chi connectivity index (χ4v) is 6.12. The summed E-state index contributed by atoms with van der Waals surface area (Å²) in [5.41, 5.74) is 0. The minimum absolute atomic E-state index is 0.162. The van der Waals surface area contributed by atoms with Crippen molar-refractivity contribution >= 4 is 13.8 Å². The normalized spacial score (nSPS) is 13.8. The Morgan fingerprint density at radius 3 is 1.34 bits per heavy atom. The van der Waals surface area contributed by atoms with Crippen LogP contribution in [0.5, 0.6) is 0 Å². The molecule has 0 rings (SSSR count). The molecule has 0 heterocycles. The molecule has 0 aliphatic rings. The first kappa shape index (κ1) is 40.5. The van der Waals surface area contributed by atoms with E-state index >= 15 is 0 Å². The lowest BCUT2D eigenvalue weighted by Gasteiger charge is -2.19. The number of hydrogen-bond donors (Lipinski definition) is 2. The van der Waals surface area contributed by atoms with Crippen molar-refractivity contribution in [3.8, 4) is 0 Å². The van der Waals surface area contributed by atoms with Crippen molar-refractivity contribution in [3.05, 3.63) is 0 Å². The van der Waals surface area contributed by atoms with E-state index in [9.17, 15) is 14.5 Å². The Hall–Kier alpha value is -0.460. The highest BCUT2D eigenvalue weighted by Gasteiger charge is 2.31. The molecule has 0 amide bonds. The van der Waals surface area contributed by atoms with Crippen LogP contribution in [0.4, 0.5) is 0 Å². The van der Waals surface area contributed by atoms with Gasteiger partial charge in [0.1, 0.15) is 6.10 Å². The maximum absolute atomic E-state index is 13.0. The molecule has 0 aliphatic heterocycles. The predicted molar refractivity (Wildman–Crippen MR) is 170 cm³/mol. The number of aliphatic hydroxyl groups excluding tert-OH is 2. The van der Waals surface area contributed by atoms with Crippen LogP contribution >= 0.6 is 7.82 Å². The molecule has 2 unspecified atom stereocenters. The van der Waals surface area contributed by atoms with Gasteiger partial charge >= 0.3 is 13.8 Å². The van der Waals surface area contributed by atoms with Crippen molar-refractivity contribution in [1.29, 1.82) is 0 Å². The van der Waals surface area contributed by atoms with Gasteiger partial charge in [0.25, 0.3) is 0 Å². The Kier molecular flexibility index (Phi) is 30.6. The number of rotatable bonds is 33. The lowest BCUT2D eigenvalue weighted by atomic mass is 10.0. The van der Waals surface area contributed by atoms with E-state index in [0.29, 0.717) is 12.8 Å². The largest absolute Gasteiger partial charge is 0.532 e. The summed E-state index contributed by atoms with van der Waals surface area (Å²) >= 11 is 0. The molecule has 41 heavy (non-hydrogen) atoms. The van der Waals surface area contributed by atoms with Crippen molar-refractivity contribution < 1.29 is 33.1 Å². The minimum atomic E-state index is -4.13. The smallest absolute Gasteiger partial charge is 0.394 e. The summed E-state index contributed by atoms with van der Waals surface area (Å²) in [5, 5.41) is 18.6. The second kappa shape index (κ2) is 31.0. The van der Waals surface area contributed by atoms with Crippen LogP contribution in [0, 0.1) is 0 Å². The monoisotopic (exact) mass is 606 g/mol. The molecule has 0 aliphatic carbocycles. The third-order valence-corrected chi connectivity index (χ3v) is 8.97. The summed E-state index contributed by atoms with van der Waals surface area (Å²) in [6, 6.07) is 0. The summed E-state index contributed by atoms with van der Waals surface area (Å²) in [4.78, 5) is 12.3. The number of carbonyl (C=O) groups is 1. The molecule has 0 saturated heterocycles. The van der Waals surface area contributed by atoms with E-state index in [2.05, 4.69) is 13.8 Å². The summed E-state index contributed by atoms with van der Waals surface area (Å²) < 4.78 is 28.7. The Morgan fingerprint density at radius 2 is 0.951 bits per heavy atom. The molecule has 0 radical (unpaired) electrons. The maximum atomic E-state index is 13.0. The van der Waals surface area contributed by atoms with Crippen LogP contribution < -0.4 is 0 Å². The quantitative estimate of drug-likeness (QED) is 0.0566. The van der Waals surface area contributed by atoms with Crippen LogP contribution in [0.25, 0.3) is 0 Å². The summed E-state index contributed by atoms with van der Waals surface area (Å²) in [7, 11) is -4.13. The Balaban J connectivity index is 3.95. The fourth-order valence-electron chi connectivity index (χ4n) is 4.90. The second-order valence-corrected chi connectivity index (χ2v) is 13.4. The Labute approximate surface area is 253 Å². The highest BCUT2D eigenvalue weighted by molar-refractivity contribution is 7.49. The van der Waals surface area contributed by atoms with Crippen LogP contribution in [0.2, 0.25) is 0 Å². The molecular weight excluding hydrogens is 539 g/mol. The van der Waals surface area contributed by atoms with E-state index in [4.69, 9.17) is 18.7 Å². The van der Waals surface area contributed by atoms with Gasteiger partial charge in [-0.1, -0.05) is 162 Å². The molecule has 0 aromatic rings. The predicted octanol–water partition coefficient (Wildman–Crippen LogP) is 10.2. The first-order chi connectivity index (χ1) is 20.0. The molecular formula is C33H67O7P. The lowest BCUT2D eigenvalue weighted by molar-refractivity contribution is -0.136. The van der Waals surface area contributed by atoms with E-state index in [1.165, 1.54) is 122 Å². The Morgan fingerprint density at radius 1 is 0.585 bits per heavy atom. The highest BCUT2D eigenvalue weighted by Crippen LogP contribution is 2.50. The number of carbonyl (C=O) groups excluding carboxylic acids is 1. The molecule has 0 fully saturated rings. The van der Waals surface area contributed by atoms with Crippen molar-refractivity contribution in [1.82, 2.24) is 0 Å². The molecule has 7 nitrogen and oxygen atoms in total. The van der Waals surface area contributed by atoms with Crippen LogP contribution in [-0.4, -0.2) is 42.1 Å². The zero-order chi connectivity index (χ0) is 30.3. The van der Waals surface area contributed by atoms with Crippen molar-refractivity contribution in [2.45, 2.75) is 187 Å². The SMILES string of the molecule is CCCCCCCCCCCCCCCCCC(=O)OP(=O)(OCCCCCCCCCCCC)OCC(O)CO. The minimum Gasteiger partial charge on any atom is -0.394 e. The van der Waals surface area contributed by atoms with Gasteiger partial charge in [-0.15, -0.1) is 0 Å². The van der Waals surface area contributed by atoms with E-state index < -0.39 is 33.1 Å². The molecule has 0 bridgehead atoms. The molecule has 0 saturated carbocycles. The molecule has 246 valence electrons. The first-order valence-corrected chi connectivity index (χ1v) is 18.8. The summed E-state index contributed by atoms with van der Waals surface area (Å²) in [6.45, 7) is 3.69. The van der Waals surface area contributed by atoms with E-state index in [0.717, 1.165) is 25.7 Å². The van der Waals surface area contributed by atoms with Gasteiger partial charge in [-0.2, -0.15) is 0 Å². The number of phosphoric acid groups is 1. The summed E-state index contributed by atoms with van der Waals surface area (Å²) in [6.07, 6.45) is 29.3. The third-order valence-electron chi connectivity index (χ3n) is 7.58. The van der Waals surface area contributed by atoms with Gasteiger partial charge in [-0.25, -0.2) is 4.57 Å². The topological polar surface area (TPSA) is 102 Å². The first-order valence-electron chi connectivity index (χ1n) is 17.4. The fraction of sp³-hybridized carbons (Fsp3) is 0.970. The van der Waals surface area contributed by atoms with Gasteiger partial charge in [0, 0.05) is 6.42 Å². The van der Waals surface area contributed by atoms with E-state index in [1.54, 1.807) is 0 Å². The van der Waals surface area contributed by atoms with Crippen LogP contribution in [0.1, 0.15) is 181 Å². The average Bonchev–Trinajstić information content (AvgIpc) is 2.96. The zero-order valence-electron chi connectivity index (χ0n) is 27.0. The number of unbranched alkanes of at least 4 members (excludes halogenated alkanes) is 23. The van der Waals surface area contributed by atoms with Crippen LogP contribution in [0.15, 0.2) is 0 Å².